The van der Waals surface area contributed by atoms with Crippen LogP contribution < -0.4 is 20.1 Å². The van der Waals surface area contributed by atoms with Crippen LogP contribution in [0.1, 0.15) is 26.3 Å². The van der Waals surface area contributed by atoms with E-state index in [2.05, 4.69) is 10.6 Å². The number of hydrogen-bond donors (Lipinski definition) is 2. The number of amides is 2. The summed E-state index contributed by atoms with van der Waals surface area (Å²) in [5.41, 5.74) is 2.28. The van der Waals surface area contributed by atoms with Crippen molar-refractivity contribution >= 4 is 28.8 Å². The maximum absolute atomic E-state index is 12.7. The molecule has 2 amide bonds. The molecule has 0 aliphatic heterocycles. The number of nitrogens with one attached hydrogen (secondary N) is 2. The van der Waals surface area contributed by atoms with E-state index in [0.29, 0.717) is 34.9 Å². The first-order valence-electron chi connectivity index (χ1n) is 8.54. The summed E-state index contributed by atoms with van der Waals surface area (Å²) in [5.74, 6) is 0.689. The van der Waals surface area contributed by atoms with Gasteiger partial charge < -0.3 is 20.1 Å². The molecule has 1 heterocycles. The van der Waals surface area contributed by atoms with Gasteiger partial charge in [0.25, 0.3) is 11.8 Å². The molecule has 0 aliphatic carbocycles. The van der Waals surface area contributed by atoms with Crippen LogP contribution in [0.25, 0.3) is 0 Å². The molecule has 2 N–H and O–H groups in total. The van der Waals surface area contributed by atoms with Gasteiger partial charge in [0, 0.05) is 11.9 Å². The predicted octanol–water partition coefficient (Wildman–Crippen LogP) is 3.95. The fourth-order valence-corrected chi connectivity index (χ4v) is 3.28. The number of carbonyl (C=O) groups excluding carboxylic acids is 2. The molecule has 0 saturated carbocycles. The van der Waals surface area contributed by atoms with Crippen molar-refractivity contribution in [2.75, 3.05) is 19.5 Å². The quantitative estimate of drug-likeness (QED) is 0.634. The summed E-state index contributed by atoms with van der Waals surface area (Å²) in [6.07, 6.45) is 0. The predicted molar refractivity (Wildman–Crippen MR) is 109 cm³/mol. The molecule has 0 atom stereocenters. The number of methoxy groups -OCH3 is 2. The largest absolute Gasteiger partial charge is 0.493 e. The van der Waals surface area contributed by atoms with Crippen molar-refractivity contribution in [1.29, 1.82) is 0 Å². The first-order chi connectivity index (χ1) is 13.6. The van der Waals surface area contributed by atoms with Crippen LogP contribution >= 0.6 is 11.3 Å². The number of thiophene rings is 1. The number of rotatable bonds is 7. The summed E-state index contributed by atoms with van der Waals surface area (Å²) < 4.78 is 10.5. The second-order valence-electron chi connectivity index (χ2n) is 5.88. The van der Waals surface area contributed by atoms with Gasteiger partial charge in [0.1, 0.15) is 0 Å². The molecule has 3 rings (SSSR count). The fourth-order valence-electron chi connectivity index (χ4n) is 2.65. The van der Waals surface area contributed by atoms with Crippen molar-refractivity contribution in [1.82, 2.24) is 5.32 Å². The molecule has 6 nitrogen and oxygen atoms in total. The van der Waals surface area contributed by atoms with Gasteiger partial charge in [0.15, 0.2) is 11.5 Å². The van der Waals surface area contributed by atoms with Gasteiger partial charge in [-0.3, -0.25) is 9.59 Å². The van der Waals surface area contributed by atoms with Gasteiger partial charge in [0.2, 0.25) is 0 Å². The zero-order chi connectivity index (χ0) is 19.9. The molecule has 1 aromatic heterocycles. The maximum atomic E-state index is 12.7. The van der Waals surface area contributed by atoms with E-state index in [1.807, 2.05) is 17.5 Å². The third-order valence-corrected chi connectivity index (χ3v) is 4.79. The SMILES string of the molecule is COc1ccc(CNC(=O)c2ccccc2NC(=O)c2ccsc2)cc1OC. The highest BCUT2D eigenvalue weighted by Crippen LogP contribution is 2.27. The minimum absolute atomic E-state index is 0.249. The standard InChI is InChI=1S/C21H20N2O4S/c1-26-18-8-7-14(11-19(18)27-2)12-22-21(25)16-5-3-4-6-17(16)23-20(24)15-9-10-28-13-15/h3-11,13H,12H2,1-2H3,(H,22,25)(H,23,24). The molecule has 0 fully saturated rings. The van der Waals surface area contributed by atoms with Crippen LogP contribution in [0.3, 0.4) is 0 Å². The number of anilines is 1. The van der Waals surface area contributed by atoms with Crippen molar-refractivity contribution in [2.45, 2.75) is 6.54 Å². The van der Waals surface area contributed by atoms with Gasteiger partial charge in [-0.15, -0.1) is 0 Å². The second kappa shape index (κ2) is 9.05. The van der Waals surface area contributed by atoms with Gasteiger partial charge in [0.05, 0.1) is 31.0 Å². The molecule has 3 aromatic rings. The Morgan fingerprint density at radius 2 is 1.75 bits per heavy atom. The van der Waals surface area contributed by atoms with Crippen molar-refractivity contribution < 1.29 is 19.1 Å². The summed E-state index contributed by atoms with van der Waals surface area (Å²) in [7, 11) is 3.13. The highest BCUT2D eigenvalue weighted by Gasteiger charge is 2.14. The monoisotopic (exact) mass is 396 g/mol. The molecule has 0 radical (unpaired) electrons. The third kappa shape index (κ3) is 4.50. The van der Waals surface area contributed by atoms with Crippen molar-refractivity contribution in [2.24, 2.45) is 0 Å². The summed E-state index contributed by atoms with van der Waals surface area (Å²) in [6, 6.07) is 14.1. The average molecular weight is 396 g/mol. The van der Waals surface area contributed by atoms with Crippen molar-refractivity contribution in [3.05, 3.63) is 76.0 Å². The Bertz CT molecular complexity index is 970. The normalized spacial score (nSPS) is 10.2. The zero-order valence-corrected chi connectivity index (χ0v) is 16.3. The highest BCUT2D eigenvalue weighted by molar-refractivity contribution is 7.08. The lowest BCUT2D eigenvalue weighted by Crippen LogP contribution is -2.24. The summed E-state index contributed by atoms with van der Waals surface area (Å²) in [4.78, 5) is 25.0. The molecule has 2 aromatic carbocycles. The van der Waals surface area contributed by atoms with Crippen molar-refractivity contribution in [3.63, 3.8) is 0 Å². The Morgan fingerprint density at radius 3 is 2.46 bits per heavy atom. The molecular weight excluding hydrogens is 376 g/mol. The summed E-state index contributed by atoms with van der Waals surface area (Å²) in [5, 5.41) is 9.25. The van der Waals surface area contributed by atoms with Gasteiger partial charge in [-0.25, -0.2) is 0 Å². The number of carbonyl (C=O) groups is 2. The number of benzene rings is 2. The Kier molecular flexibility index (Phi) is 6.29. The number of hydrogen-bond acceptors (Lipinski definition) is 5. The van der Waals surface area contributed by atoms with E-state index in [1.54, 1.807) is 56.0 Å². The van der Waals surface area contributed by atoms with E-state index in [1.165, 1.54) is 11.3 Å². The summed E-state index contributed by atoms with van der Waals surface area (Å²) >= 11 is 1.44. The lowest BCUT2D eigenvalue weighted by Gasteiger charge is -2.12. The van der Waals surface area contributed by atoms with Crippen LogP contribution in [0.5, 0.6) is 11.5 Å². The molecule has 7 heteroatoms. The fraction of sp³-hybridized carbons (Fsp3) is 0.143. The van der Waals surface area contributed by atoms with Crippen LogP contribution in [-0.2, 0) is 6.54 Å². The van der Waals surface area contributed by atoms with Gasteiger partial charge >= 0.3 is 0 Å². The van der Waals surface area contributed by atoms with E-state index in [-0.39, 0.29) is 11.8 Å². The zero-order valence-electron chi connectivity index (χ0n) is 15.5. The van der Waals surface area contributed by atoms with Gasteiger partial charge in [-0.05, 0) is 41.3 Å². The van der Waals surface area contributed by atoms with Crippen LogP contribution in [0.4, 0.5) is 5.69 Å². The third-order valence-electron chi connectivity index (χ3n) is 4.10. The van der Waals surface area contributed by atoms with E-state index in [0.717, 1.165) is 5.56 Å². The molecule has 0 bridgehead atoms. The minimum atomic E-state index is -0.281. The van der Waals surface area contributed by atoms with Crippen LogP contribution in [-0.4, -0.2) is 26.0 Å². The van der Waals surface area contributed by atoms with E-state index < -0.39 is 0 Å². The van der Waals surface area contributed by atoms with E-state index in [4.69, 9.17) is 9.47 Å². The Balaban J connectivity index is 1.70. The lowest BCUT2D eigenvalue weighted by atomic mass is 10.1. The maximum Gasteiger partial charge on any atom is 0.256 e. The van der Waals surface area contributed by atoms with E-state index >= 15 is 0 Å². The van der Waals surface area contributed by atoms with Gasteiger partial charge in [-0.1, -0.05) is 18.2 Å². The van der Waals surface area contributed by atoms with Crippen molar-refractivity contribution in [3.8, 4) is 11.5 Å². The smallest absolute Gasteiger partial charge is 0.256 e. The number of para-hydroxylation sites is 1. The van der Waals surface area contributed by atoms with Gasteiger partial charge in [-0.2, -0.15) is 11.3 Å². The molecule has 28 heavy (non-hydrogen) atoms. The molecule has 0 saturated heterocycles. The topological polar surface area (TPSA) is 76.7 Å². The molecule has 0 unspecified atom stereocenters. The Labute approximate surface area is 167 Å². The highest BCUT2D eigenvalue weighted by atomic mass is 32.1. The first-order valence-corrected chi connectivity index (χ1v) is 9.48. The molecule has 144 valence electrons. The Morgan fingerprint density at radius 1 is 0.964 bits per heavy atom. The Hall–Kier alpha value is -3.32. The van der Waals surface area contributed by atoms with Crippen LogP contribution in [0.2, 0.25) is 0 Å². The average Bonchev–Trinajstić information content (AvgIpc) is 3.27. The number of ether oxygens (including phenoxy) is 2. The molecule has 0 aliphatic rings. The lowest BCUT2D eigenvalue weighted by molar-refractivity contribution is 0.0951. The molecular formula is C21H20N2O4S. The van der Waals surface area contributed by atoms with Crippen LogP contribution in [0, 0.1) is 0 Å². The molecule has 0 spiro atoms. The second-order valence-corrected chi connectivity index (χ2v) is 6.66. The van der Waals surface area contributed by atoms with E-state index in [9.17, 15) is 9.59 Å². The minimum Gasteiger partial charge on any atom is -0.493 e. The first kappa shape index (κ1) is 19.4. The summed E-state index contributed by atoms with van der Waals surface area (Å²) in [6.45, 7) is 0.312. The van der Waals surface area contributed by atoms with Crippen LogP contribution in [0.15, 0.2) is 59.3 Å².